The van der Waals surface area contributed by atoms with E-state index >= 15 is 0 Å². The van der Waals surface area contributed by atoms with Gasteiger partial charge in [0.25, 0.3) is 11.6 Å². The Hall–Kier alpha value is -3.00. The molecule has 2 rings (SSSR count). The van der Waals surface area contributed by atoms with Crippen molar-refractivity contribution >= 4 is 34.9 Å². The number of halogens is 2. The van der Waals surface area contributed by atoms with Crippen molar-refractivity contribution in [3.05, 3.63) is 69.0 Å². The predicted molar refractivity (Wildman–Crippen MR) is 92.8 cm³/mol. The highest BCUT2D eigenvalue weighted by Gasteiger charge is 2.23. The van der Waals surface area contributed by atoms with Gasteiger partial charge in [-0.2, -0.15) is 0 Å². The molecule has 0 N–H and O–H groups in total. The molecule has 0 aliphatic heterocycles. The van der Waals surface area contributed by atoms with Gasteiger partial charge in [-0.25, -0.2) is 9.18 Å². The molecule has 0 saturated heterocycles. The Kier molecular flexibility index (Phi) is 6.24. The fourth-order valence-corrected chi connectivity index (χ4v) is 2.41. The van der Waals surface area contributed by atoms with Gasteiger partial charge in [-0.1, -0.05) is 11.6 Å². The number of carbonyl (C=O) groups excluding carboxylic acids is 2. The minimum atomic E-state index is -1.04. The van der Waals surface area contributed by atoms with Crippen LogP contribution in [0.4, 0.5) is 15.8 Å². The second-order valence-corrected chi connectivity index (χ2v) is 5.55. The van der Waals surface area contributed by atoms with Gasteiger partial charge in [0.2, 0.25) is 0 Å². The molecule has 0 unspecified atom stereocenters. The van der Waals surface area contributed by atoms with Gasteiger partial charge in [-0.3, -0.25) is 14.9 Å². The maximum absolute atomic E-state index is 13.0. The molecule has 9 heteroatoms. The number of nitro benzene ring substituents is 1. The van der Waals surface area contributed by atoms with E-state index in [1.807, 2.05) is 0 Å². The number of nitro groups is 1. The lowest BCUT2D eigenvalue weighted by Crippen LogP contribution is -2.34. The third kappa shape index (κ3) is 4.54. The summed E-state index contributed by atoms with van der Waals surface area (Å²) in [6.45, 7) is 1.33. The van der Waals surface area contributed by atoms with Gasteiger partial charge in [0, 0.05) is 23.3 Å². The molecule has 7 nitrogen and oxygen atoms in total. The normalized spacial score (nSPS) is 10.3. The number of hydrogen-bond donors (Lipinski definition) is 0. The summed E-state index contributed by atoms with van der Waals surface area (Å²) in [7, 11) is 0. The number of benzene rings is 2. The molecule has 0 fully saturated rings. The van der Waals surface area contributed by atoms with Crippen molar-refractivity contribution in [1.82, 2.24) is 0 Å². The highest BCUT2D eigenvalue weighted by Crippen LogP contribution is 2.23. The lowest BCUT2D eigenvalue weighted by atomic mass is 10.2. The summed E-state index contributed by atoms with van der Waals surface area (Å²) >= 11 is 5.76. The van der Waals surface area contributed by atoms with Gasteiger partial charge in [0.1, 0.15) is 11.4 Å². The summed E-state index contributed by atoms with van der Waals surface area (Å²) in [6.07, 6.45) is 0. The van der Waals surface area contributed by atoms with Crippen molar-refractivity contribution in [3.8, 4) is 0 Å². The number of ether oxygens (including phenoxy) is 1. The molecule has 26 heavy (non-hydrogen) atoms. The van der Waals surface area contributed by atoms with Crippen molar-refractivity contribution in [2.45, 2.75) is 6.92 Å². The minimum absolute atomic E-state index is 0.121. The molecule has 0 aliphatic rings. The van der Waals surface area contributed by atoms with Crippen molar-refractivity contribution in [3.63, 3.8) is 0 Å². The SMILES string of the molecule is CCN(C(=O)COC(=O)c1cc(Cl)ccc1[N+](=O)[O-])c1ccc(F)cc1. The Morgan fingerprint density at radius 2 is 1.88 bits per heavy atom. The van der Waals surface area contributed by atoms with Crippen molar-refractivity contribution in [1.29, 1.82) is 0 Å². The van der Waals surface area contributed by atoms with Gasteiger partial charge in [-0.15, -0.1) is 0 Å². The number of hydrogen-bond acceptors (Lipinski definition) is 5. The van der Waals surface area contributed by atoms with Gasteiger partial charge >= 0.3 is 5.97 Å². The van der Waals surface area contributed by atoms with Crippen LogP contribution >= 0.6 is 11.6 Å². The fraction of sp³-hybridized carbons (Fsp3) is 0.176. The third-order valence-corrected chi connectivity index (χ3v) is 3.69. The molecular weight excluding hydrogens is 367 g/mol. The monoisotopic (exact) mass is 380 g/mol. The first kappa shape index (κ1) is 19.3. The van der Waals surface area contributed by atoms with Crippen LogP contribution in [0.1, 0.15) is 17.3 Å². The van der Waals surface area contributed by atoms with Gasteiger partial charge in [0.05, 0.1) is 4.92 Å². The molecule has 0 aliphatic carbocycles. The molecule has 0 saturated carbocycles. The predicted octanol–water partition coefficient (Wildman–Crippen LogP) is 3.60. The second-order valence-electron chi connectivity index (χ2n) is 5.11. The van der Waals surface area contributed by atoms with Gasteiger partial charge < -0.3 is 9.64 Å². The van der Waals surface area contributed by atoms with E-state index in [2.05, 4.69) is 0 Å². The average Bonchev–Trinajstić information content (AvgIpc) is 2.61. The van der Waals surface area contributed by atoms with E-state index in [1.54, 1.807) is 6.92 Å². The van der Waals surface area contributed by atoms with Crippen LogP contribution in [0.2, 0.25) is 5.02 Å². The minimum Gasteiger partial charge on any atom is -0.452 e. The molecule has 2 aromatic rings. The Labute approximate surface area is 153 Å². The lowest BCUT2D eigenvalue weighted by Gasteiger charge is -2.20. The Balaban J connectivity index is 2.11. The molecule has 2 aromatic carbocycles. The first-order valence-corrected chi connectivity index (χ1v) is 7.88. The molecule has 1 amide bonds. The fourth-order valence-electron chi connectivity index (χ4n) is 2.24. The average molecular weight is 381 g/mol. The Morgan fingerprint density at radius 1 is 1.23 bits per heavy atom. The zero-order chi connectivity index (χ0) is 19.3. The number of carbonyl (C=O) groups is 2. The topological polar surface area (TPSA) is 89.8 Å². The molecule has 0 spiro atoms. The third-order valence-electron chi connectivity index (χ3n) is 3.46. The van der Waals surface area contributed by atoms with E-state index in [0.717, 1.165) is 12.1 Å². The number of esters is 1. The van der Waals surface area contributed by atoms with Crippen LogP contribution in [-0.4, -0.2) is 30.0 Å². The summed E-state index contributed by atoms with van der Waals surface area (Å²) < 4.78 is 17.9. The molecule has 0 bridgehead atoms. The summed E-state index contributed by atoms with van der Waals surface area (Å²) in [4.78, 5) is 35.9. The van der Waals surface area contributed by atoms with E-state index in [1.165, 1.54) is 35.2 Å². The summed E-state index contributed by atoms with van der Waals surface area (Å²) in [6, 6.07) is 8.69. The summed E-state index contributed by atoms with van der Waals surface area (Å²) in [5.74, 6) is -2.04. The lowest BCUT2D eigenvalue weighted by molar-refractivity contribution is -0.385. The van der Waals surface area contributed by atoms with Crippen molar-refractivity contribution < 1.29 is 23.6 Å². The van der Waals surface area contributed by atoms with Crippen LogP contribution in [0, 0.1) is 15.9 Å². The summed E-state index contributed by atoms with van der Waals surface area (Å²) in [5, 5.41) is 11.1. The number of anilines is 1. The van der Waals surface area contributed by atoms with Crippen LogP contribution in [0.15, 0.2) is 42.5 Å². The zero-order valence-electron chi connectivity index (χ0n) is 13.6. The Bertz CT molecular complexity index is 842. The van der Waals surface area contributed by atoms with E-state index in [0.29, 0.717) is 5.69 Å². The number of rotatable bonds is 6. The highest BCUT2D eigenvalue weighted by atomic mass is 35.5. The van der Waals surface area contributed by atoms with Crippen molar-refractivity contribution in [2.24, 2.45) is 0 Å². The first-order chi connectivity index (χ1) is 12.3. The van der Waals surface area contributed by atoms with Crippen LogP contribution in [0.3, 0.4) is 0 Å². The number of likely N-dealkylation sites (N-methyl/N-ethyl adjacent to an activating group) is 1. The smallest absolute Gasteiger partial charge is 0.345 e. The van der Waals surface area contributed by atoms with Crippen LogP contribution in [0.25, 0.3) is 0 Å². The second kappa shape index (κ2) is 8.39. The molecule has 136 valence electrons. The molecule has 0 radical (unpaired) electrons. The van der Waals surface area contributed by atoms with Crippen LogP contribution in [-0.2, 0) is 9.53 Å². The van der Waals surface area contributed by atoms with Gasteiger partial charge in [0.15, 0.2) is 6.61 Å². The number of nitrogens with zero attached hydrogens (tertiary/aromatic N) is 2. The molecule has 0 aromatic heterocycles. The quantitative estimate of drug-likeness (QED) is 0.434. The van der Waals surface area contributed by atoms with Gasteiger partial charge in [-0.05, 0) is 43.3 Å². The zero-order valence-corrected chi connectivity index (χ0v) is 14.4. The van der Waals surface area contributed by atoms with E-state index < -0.39 is 34.9 Å². The standard InChI is InChI=1S/C17H14ClFN2O5/c1-2-20(13-6-4-12(19)5-7-13)16(22)10-26-17(23)14-9-11(18)3-8-15(14)21(24)25/h3-9H,2,10H2,1H3. The van der Waals surface area contributed by atoms with Crippen LogP contribution < -0.4 is 4.90 Å². The van der Waals surface area contributed by atoms with E-state index in [-0.39, 0.29) is 17.1 Å². The van der Waals surface area contributed by atoms with Crippen LogP contribution in [0.5, 0.6) is 0 Å². The maximum Gasteiger partial charge on any atom is 0.345 e. The molecule has 0 heterocycles. The molecule has 0 atom stereocenters. The number of amides is 1. The molecular formula is C17H14ClFN2O5. The van der Waals surface area contributed by atoms with Crippen molar-refractivity contribution in [2.75, 3.05) is 18.1 Å². The Morgan fingerprint density at radius 3 is 2.46 bits per heavy atom. The largest absolute Gasteiger partial charge is 0.452 e. The maximum atomic E-state index is 13.0. The van der Waals surface area contributed by atoms with E-state index in [4.69, 9.17) is 16.3 Å². The highest BCUT2D eigenvalue weighted by molar-refractivity contribution is 6.31. The van der Waals surface area contributed by atoms with E-state index in [9.17, 15) is 24.1 Å². The first-order valence-electron chi connectivity index (χ1n) is 7.50. The summed E-state index contributed by atoms with van der Waals surface area (Å²) in [5.41, 5.74) is -0.387.